The van der Waals surface area contributed by atoms with Crippen molar-refractivity contribution in [1.29, 1.82) is 0 Å². The molecule has 19 heavy (non-hydrogen) atoms. The fourth-order valence-corrected chi connectivity index (χ4v) is 1.66. The number of thiocarbonyl (C=S) groups is 1. The standard InChI is InChI=1S/C11H11ClN6S/c12-9-2-4-16-18-10(9)17-11(19)15-3-1-8-7-13-5-6-14-8/h2,4-7H,1,3H2,(H2,15,17,18,19). The third kappa shape index (κ3) is 4.38. The van der Waals surface area contributed by atoms with Crippen LogP contribution in [0.25, 0.3) is 0 Å². The van der Waals surface area contributed by atoms with Gasteiger partial charge in [-0.15, -0.1) is 5.10 Å². The minimum Gasteiger partial charge on any atom is -0.362 e. The Labute approximate surface area is 120 Å². The SMILES string of the molecule is S=C(NCCc1cnccn1)Nc1nnccc1Cl. The zero-order valence-electron chi connectivity index (χ0n) is 9.88. The van der Waals surface area contributed by atoms with E-state index in [9.17, 15) is 0 Å². The number of aromatic nitrogens is 4. The second-order valence-electron chi connectivity index (χ2n) is 3.56. The zero-order chi connectivity index (χ0) is 13.5. The van der Waals surface area contributed by atoms with Crippen molar-refractivity contribution in [3.63, 3.8) is 0 Å². The lowest BCUT2D eigenvalue weighted by molar-refractivity contribution is 0.839. The van der Waals surface area contributed by atoms with Crippen molar-refractivity contribution in [2.75, 3.05) is 11.9 Å². The van der Waals surface area contributed by atoms with Crippen molar-refractivity contribution in [2.45, 2.75) is 6.42 Å². The van der Waals surface area contributed by atoms with Crippen molar-refractivity contribution in [3.05, 3.63) is 41.6 Å². The molecule has 2 heterocycles. The largest absolute Gasteiger partial charge is 0.362 e. The maximum atomic E-state index is 5.93. The number of nitrogens with one attached hydrogen (secondary N) is 2. The van der Waals surface area contributed by atoms with Gasteiger partial charge in [-0.2, -0.15) is 5.10 Å². The molecule has 98 valence electrons. The first-order chi connectivity index (χ1) is 9.25. The Morgan fingerprint density at radius 2 is 2.21 bits per heavy atom. The van der Waals surface area contributed by atoms with Crippen LogP contribution in [-0.4, -0.2) is 31.8 Å². The minimum atomic E-state index is 0.432. The van der Waals surface area contributed by atoms with Gasteiger partial charge in [-0.25, -0.2) is 0 Å². The average molecular weight is 295 g/mol. The summed E-state index contributed by atoms with van der Waals surface area (Å²) in [7, 11) is 0. The van der Waals surface area contributed by atoms with Gasteiger partial charge in [0.15, 0.2) is 10.9 Å². The average Bonchev–Trinajstić information content (AvgIpc) is 2.43. The molecule has 2 aromatic rings. The van der Waals surface area contributed by atoms with Gasteiger partial charge in [-0.1, -0.05) is 11.6 Å². The molecule has 0 fully saturated rings. The Morgan fingerprint density at radius 3 is 2.95 bits per heavy atom. The first-order valence-corrected chi connectivity index (χ1v) is 6.31. The Kier molecular flexibility index (Phi) is 4.93. The van der Waals surface area contributed by atoms with E-state index >= 15 is 0 Å². The van der Waals surface area contributed by atoms with Crippen molar-refractivity contribution in [2.24, 2.45) is 0 Å². The summed E-state index contributed by atoms with van der Waals surface area (Å²) >= 11 is 11.1. The van der Waals surface area contributed by atoms with Gasteiger partial charge in [0.25, 0.3) is 0 Å². The van der Waals surface area contributed by atoms with Crippen LogP contribution in [0.5, 0.6) is 0 Å². The molecule has 6 nitrogen and oxygen atoms in total. The lowest BCUT2D eigenvalue weighted by Gasteiger charge is -2.09. The third-order valence-corrected chi connectivity index (χ3v) is 2.74. The zero-order valence-corrected chi connectivity index (χ0v) is 11.4. The summed E-state index contributed by atoms with van der Waals surface area (Å²) in [5.41, 5.74) is 0.898. The summed E-state index contributed by atoms with van der Waals surface area (Å²) < 4.78 is 0. The molecule has 0 saturated heterocycles. The predicted molar refractivity (Wildman–Crippen MR) is 77.0 cm³/mol. The molecular formula is C11H11ClN6S. The number of hydrogen-bond donors (Lipinski definition) is 2. The van der Waals surface area contributed by atoms with Crippen LogP contribution in [0.3, 0.4) is 0 Å². The van der Waals surface area contributed by atoms with Crippen molar-refractivity contribution >= 4 is 34.7 Å². The molecule has 0 unspecified atom stereocenters. The third-order valence-electron chi connectivity index (χ3n) is 2.19. The summed E-state index contributed by atoms with van der Waals surface area (Å²) in [5.74, 6) is 0.432. The lowest BCUT2D eigenvalue weighted by atomic mass is 10.3. The minimum absolute atomic E-state index is 0.432. The van der Waals surface area contributed by atoms with Crippen molar-refractivity contribution in [1.82, 2.24) is 25.5 Å². The van der Waals surface area contributed by atoms with Crippen LogP contribution in [0.4, 0.5) is 5.82 Å². The van der Waals surface area contributed by atoms with Crippen molar-refractivity contribution < 1.29 is 0 Å². The Balaban J connectivity index is 1.78. The maximum Gasteiger partial charge on any atom is 0.173 e. The second kappa shape index (κ2) is 6.91. The van der Waals surface area contributed by atoms with Crippen molar-refractivity contribution in [3.8, 4) is 0 Å². The van der Waals surface area contributed by atoms with E-state index in [1.165, 1.54) is 6.20 Å². The molecule has 0 radical (unpaired) electrons. The van der Waals surface area contributed by atoms with E-state index in [4.69, 9.17) is 23.8 Å². The Bertz CT molecular complexity index is 550. The van der Waals surface area contributed by atoms with Crippen LogP contribution >= 0.6 is 23.8 Å². The van der Waals surface area contributed by atoms with E-state index in [1.807, 2.05) is 0 Å². The van der Waals surface area contributed by atoms with Crippen LogP contribution in [0.2, 0.25) is 5.02 Å². The fraction of sp³-hybridized carbons (Fsp3) is 0.182. The molecule has 0 aliphatic heterocycles. The van der Waals surface area contributed by atoms with E-state index in [-0.39, 0.29) is 0 Å². The molecule has 2 N–H and O–H groups in total. The molecule has 0 saturated carbocycles. The first kappa shape index (κ1) is 13.6. The molecule has 0 atom stereocenters. The molecule has 2 rings (SSSR count). The number of hydrogen-bond acceptors (Lipinski definition) is 5. The molecule has 0 amide bonds. The van der Waals surface area contributed by atoms with Gasteiger partial charge in [0, 0.05) is 31.6 Å². The van der Waals surface area contributed by atoms with E-state index < -0.39 is 0 Å². The molecule has 0 spiro atoms. The Hall–Kier alpha value is -1.86. The van der Waals surface area contributed by atoms with Gasteiger partial charge in [0.1, 0.15) is 0 Å². The second-order valence-corrected chi connectivity index (χ2v) is 4.37. The summed E-state index contributed by atoms with van der Waals surface area (Å²) in [6.45, 7) is 0.641. The van der Waals surface area contributed by atoms with Gasteiger partial charge in [0.2, 0.25) is 0 Å². The van der Waals surface area contributed by atoms with E-state index in [1.54, 1.807) is 24.7 Å². The lowest BCUT2D eigenvalue weighted by Crippen LogP contribution is -2.30. The summed E-state index contributed by atoms with van der Waals surface area (Å²) in [5, 5.41) is 14.4. The highest BCUT2D eigenvalue weighted by molar-refractivity contribution is 7.80. The van der Waals surface area contributed by atoms with Crippen LogP contribution < -0.4 is 10.6 Å². The molecule has 0 aromatic carbocycles. The van der Waals surface area contributed by atoms with E-state index in [2.05, 4.69) is 30.8 Å². The topological polar surface area (TPSA) is 75.6 Å². The molecule has 0 aliphatic rings. The quantitative estimate of drug-likeness (QED) is 0.827. The van der Waals surface area contributed by atoms with Crippen LogP contribution in [0, 0.1) is 0 Å². The number of anilines is 1. The monoisotopic (exact) mass is 294 g/mol. The molecule has 0 aliphatic carbocycles. The van der Waals surface area contributed by atoms with E-state index in [0.29, 0.717) is 22.5 Å². The molecule has 8 heteroatoms. The molecule has 2 aromatic heterocycles. The normalized spacial score (nSPS) is 9.95. The van der Waals surface area contributed by atoms with Gasteiger partial charge >= 0.3 is 0 Å². The highest BCUT2D eigenvalue weighted by Gasteiger charge is 2.03. The smallest absolute Gasteiger partial charge is 0.173 e. The maximum absolute atomic E-state index is 5.93. The summed E-state index contributed by atoms with van der Waals surface area (Å²) in [4.78, 5) is 8.15. The fourth-order valence-electron chi connectivity index (χ4n) is 1.32. The van der Waals surface area contributed by atoms with Crippen LogP contribution in [-0.2, 0) is 6.42 Å². The number of rotatable bonds is 4. The van der Waals surface area contributed by atoms with Gasteiger partial charge in [0.05, 0.1) is 16.9 Å². The summed E-state index contributed by atoms with van der Waals surface area (Å²) in [6, 6.07) is 1.64. The van der Waals surface area contributed by atoms with Gasteiger partial charge in [-0.3, -0.25) is 9.97 Å². The highest BCUT2D eigenvalue weighted by atomic mass is 35.5. The highest BCUT2D eigenvalue weighted by Crippen LogP contribution is 2.15. The first-order valence-electron chi connectivity index (χ1n) is 5.52. The predicted octanol–water partition coefficient (Wildman–Crippen LogP) is 1.45. The van der Waals surface area contributed by atoms with Crippen LogP contribution in [0.1, 0.15) is 5.69 Å². The molecular weight excluding hydrogens is 284 g/mol. The van der Waals surface area contributed by atoms with E-state index in [0.717, 1.165) is 12.1 Å². The van der Waals surface area contributed by atoms with Gasteiger partial charge < -0.3 is 10.6 Å². The Morgan fingerprint density at radius 1 is 1.32 bits per heavy atom. The van der Waals surface area contributed by atoms with Gasteiger partial charge in [-0.05, 0) is 18.3 Å². The summed E-state index contributed by atoms with van der Waals surface area (Å²) in [6.07, 6.45) is 7.25. The van der Waals surface area contributed by atoms with Crippen LogP contribution in [0.15, 0.2) is 30.9 Å². The molecule has 0 bridgehead atoms. The number of halogens is 1. The number of nitrogens with zero attached hydrogens (tertiary/aromatic N) is 4.